The number of alkyl halides is 3. The van der Waals surface area contributed by atoms with Crippen LogP contribution in [-0.4, -0.2) is 37.7 Å². The van der Waals surface area contributed by atoms with Gasteiger partial charge < -0.3 is 5.32 Å². The van der Waals surface area contributed by atoms with Crippen molar-refractivity contribution in [3.05, 3.63) is 29.3 Å². The highest BCUT2D eigenvalue weighted by Gasteiger charge is 2.31. The van der Waals surface area contributed by atoms with Gasteiger partial charge in [0.15, 0.2) is 15.0 Å². The Morgan fingerprint density at radius 3 is 2.57 bits per heavy atom. The van der Waals surface area contributed by atoms with Gasteiger partial charge in [-0.15, -0.1) is 5.10 Å². The van der Waals surface area contributed by atoms with E-state index >= 15 is 0 Å². The molecule has 1 heterocycles. The number of hydrogen-bond donors (Lipinski definition) is 1. The van der Waals surface area contributed by atoms with Gasteiger partial charge in [0.05, 0.1) is 22.4 Å². The van der Waals surface area contributed by atoms with Crippen molar-refractivity contribution in [3.8, 4) is 0 Å². The van der Waals surface area contributed by atoms with Crippen LogP contribution in [0.4, 0.5) is 13.2 Å². The molecule has 6 nitrogen and oxygen atoms in total. The van der Waals surface area contributed by atoms with Crippen molar-refractivity contribution in [1.82, 2.24) is 5.32 Å². The number of nitrogens with one attached hydrogen (secondary N) is 1. The molecule has 1 fully saturated rings. The van der Waals surface area contributed by atoms with Gasteiger partial charge in [-0.05, 0) is 18.2 Å². The normalized spacial score (nSPS) is 17.9. The quantitative estimate of drug-likeness (QED) is 0.652. The van der Waals surface area contributed by atoms with E-state index in [0.29, 0.717) is 12.1 Å². The fourth-order valence-corrected chi connectivity index (χ4v) is 3.17. The van der Waals surface area contributed by atoms with Crippen LogP contribution in [0, 0.1) is 0 Å². The lowest BCUT2D eigenvalue weighted by molar-refractivity contribution is -0.137. The van der Waals surface area contributed by atoms with E-state index in [1.807, 2.05) is 0 Å². The largest absolute Gasteiger partial charge is 0.416 e. The first-order valence-electron chi connectivity index (χ1n) is 6.02. The number of thioether (sulfide) groups is 1. The first-order valence-corrected chi connectivity index (χ1v) is 8.90. The fraction of sp³-hybridized carbons (Fsp3) is 0.250. The lowest BCUT2D eigenvalue weighted by Gasteiger charge is -2.09. The third-order valence-corrected chi connectivity index (χ3v) is 4.70. The van der Waals surface area contributed by atoms with Gasteiger partial charge in [0.2, 0.25) is 5.91 Å². The standard InChI is InChI=1S/C12H10F3N3O3S2/c1-23(20,21)9-3-2-8(12(13,14)15)4-7(9)5-16-18-11-17-10(19)6-22-11/h2-5H,6H2,1H3,(H,17,18,19). The molecule has 11 heteroatoms. The molecule has 1 aromatic rings. The molecule has 1 N–H and O–H groups in total. The van der Waals surface area contributed by atoms with Crippen LogP contribution in [-0.2, 0) is 20.8 Å². The Labute approximate surface area is 133 Å². The van der Waals surface area contributed by atoms with Crippen LogP contribution in [0.3, 0.4) is 0 Å². The summed E-state index contributed by atoms with van der Waals surface area (Å²) >= 11 is 1.08. The van der Waals surface area contributed by atoms with Crippen molar-refractivity contribution in [2.45, 2.75) is 11.1 Å². The minimum atomic E-state index is -4.61. The highest BCUT2D eigenvalue weighted by molar-refractivity contribution is 8.15. The van der Waals surface area contributed by atoms with Crippen molar-refractivity contribution in [3.63, 3.8) is 0 Å². The van der Waals surface area contributed by atoms with Crippen molar-refractivity contribution in [2.24, 2.45) is 10.2 Å². The van der Waals surface area contributed by atoms with E-state index in [2.05, 4.69) is 15.5 Å². The molecular weight excluding hydrogens is 355 g/mol. The van der Waals surface area contributed by atoms with Crippen LogP contribution < -0.4 is 5.32 Å². The third-order valence-electron chi connectivity index (χ3n) is 2.67. The van der Waals surface area contributed by atoms with E-state index in [1.54, 1.807) is 0 Å². The van der Waals surface area contributed by atoms with Crippen LogP contribution in [0.25, 0.3) is 0 Å². The van der Waals surface area contributed by atoms with Crippen molar-refractivity contribution >= 4 is 38.9 Å². The summed E-state index contributed by atoms with van der Waals surface area (Å²) in [6.45, 7) is 0. The number of rotatable bonds is 3. The number of sulfone groups is 1. The molecule has 1 aliphatic rings. The van der Waals surface area contributed by atoms with E-state index in [1.165, 1.54) is 0 Å². The molecule has 0 saturated carbocycles. The Morgan fingerprint density at radius 2 is 2.04 bits per heavy atom. The second-order valence-corrected chi connectivity index (χ2v) is 7.46. The lowest BCUT2D eigenvalue weighted by Crippen LogP contribution is -2.19. The van der Waals surface area contributed by atoms with E-state index in [-0.39, 0.29) is 27.3 Å². The van der Waals surface area contributed by atoms with Gasteiger partial charge >= 0.3 is 6.18 Å². The maximum absolute atomic E-state index is 12.7. The molecule has 1 aromatic carbocycles. The van der Waals surface area contributed by atoms with Crippen LogP contribution in [0.2, 0.25) is 0 Å². The molecule has 0 aliphatic carbocycles. The van der Waals surface area contributed by atoms with Gasteiger partial charge in [-0.3, -0.25) is 4.79 Å². The molecule has 1 aliphatic heterocycles. The van der Waals surface area contributed by atoms with Crippen LogP contribution >= 0.6 is 11.8 Å². The van der Waals surface area contributed by atoms with Gasteiger partial charge in [0.1, 0.15) is 0 Å². The molecule has 1 saturated heterocycles. The van der Waals surface area contributed by atoms with Crippen LogP contribution in [0.1, 0.15) is 11.1 Å². The van der Waals surface area contributed by atoms with Crippen molar-refractivity contribution in [1.29, 1.82) is 0 Å². The zero-order valence-corrected chi connectivity index (χ0v) is 13.2. The summed E-state index contributed by atoms with van der Waals surface area (Å²) in [5, 5.41) is 9.75. The topological polar surface area (TPSA) is 88.0 Å². The smallest absolute Gasteiger partial charge is 0.303 e. The van der Waals surface area contributed by atoms with Crippen molar-refractivity contribution in [2.75, 3.05) is 12.0 Å². The Morgan fingerprint density at radius 1 is 1.35 bits per heavy atom. The minimum Gasteiger partial charge on any atom is -0.303 e. The predicted molar refractivity (Wildman–Crippen MR) is 80.2 cm³/mol. The number of carbonyl (C=O) groups is 1. The Bertz CT molecular complexity index is 802. The Kier molecular flexibility index (Phi) is 4.80. The lowest BCUT2D eigenvalue weighted by atomic mass is 10.1. The molecule has 0 bridgehead atoms. The maximum atomic E-state index is 12.7. The Hall–Kier alpha value is -1.88. The fourth-order valence-electron chi connectivity index (χ4n) is 1.69. The highest BCUT2D eigenvalue weighted by atomic mass is 32.2. The monoisotopic (exact) mass is 365 g/mol. The second-order valence-electron chi connectivity index (χ2n) is 4.51. The van der Waals surface area contributed by atoms with Gasteiger partial charge in [-0.25, -0.2) is 8.42 Å². The number of benzene rings is 1. The molecule has 0 atom stereocenters. The summed E-state index contributed by atoms with van der Waals surface area (Å²) in [6.07, 6.45) is -2.82. The summed E-state index contributed by atoms with van der Waals surface area (Å²) < 4.78 is 61.5. The molecular formula is C12H10F3N3O3S2. The van der Waals surface area contributed by atoms with Crippen LogP contribution in [0.5, 0.6) is 0 Å². The number of amidine groups is 1. The molecule has 0 spiro atoms. The third kappa shape index (κ3) is 4.55. The molecule has 0 radical (unpaired) electrons. The summed E-state index contributed by atoms with van der Waals surface area (Å²) in [4.78, 5) is 10.7. The van der Waals surface area contributed by atoms with E-state index in [4.69, 9.17) is 0 Å². The van der Waals surface area contributed by atoms with E-state index < -0.39 is 21.6 Å². The SMILES string of the molecule is CS(=O)(=O)c1ccc(C(F)(F)F)cc1C=NN=C1NC(=O)CS1. The summed E-state index contributed by atoms with van der Waals surface area (Å²) in [7, 11) is -3.74. The van der Waals surface area contributed by atoms with Gasteiger partial charge in [0.25, 0.3) is 0 Å². The zero-order valence-electron chi connectivity index (χ0n) is 11.6. The number of amides is 1. The molecule has 1 amide bonds. The first-order chi connectivity index (χ1) is 10.6. The Balaban J connectivity index is 2.40. The molecule has 124 valence electrons. The number of nitrogens with zero attached hydrogens (tertiary/aromatic N) is 2. The molecule has 0 aromatic heterocycles. The summed E-state index contributed by atoms with van der Waals surface area (Å²) in [5.41, 5.74) is -1.23. The second kappa shape index (κ2) is 6.32. The first kappa shape index (κ1) is 17.5. The molecule has 0 unspecified atom stereocenters. The highest BCUT2D eigenvalue weighted by Crippen LogP contribution is 2.31. The zero-order chi connectivity index (χ0) is 17.3. The average Bonchev–Trinajstić information content (AvgIpc) is 2.82. The minimum absolute atomic E-state index is 0.173. The van der Waals surface area contributed by atoms with Crippen LogP contribution in [0.15, 0.2) is 33.3 Å². The van der Waals surface area contributed by atoms with Gasteiger partial charge in [-0.1, -0.05) is 11.8 Å². The maximum Gasteiger partial charge on any atom is 0.416 e. The predicted octanol–water partition coefficient (Wildman–Crippen LogP) is 1.66. The van der Waals surface area contributed by atoms with Gasteiger partial charge in [-0.2, -0.15) is 18.3 Å². The number of carbonyl (C=O) groups excluding carboxylic acids is 1. The van der Waals surface area contributed by atoms with Gasteiger partial charge in [0, 0.05) is 11.8 Å². The average molecular weight is 365 g/mol. The number of hydrogen-bond acceptors (Lipinski definition) is 6. The summed E-state index contributed by atoms with van der Waals surface area (Å²) in [6, 6.07) is 2.24. The summed E-state index contributed by atoms with van der Waals surface area (Å²) in [5.74, 6) is -0.0909. The number of halogens is 3. The van der Waals surface area contributed by atoms with Crippen molar-refractivity contribution < 1.29 is 26.4 Å². The van der Waals surface area contributed by atoms with E-state index in [0.717, 1.165) is 30.3 Å². The molecule has 2 rings (SSSR count). The molecule has 23 heavy (non-hydrogen) atoms. The van der Waals surface area contributed by atoms with E-state index in [9.17, 15) is 26.4 Å².